The van der Waals surface area contributed by atoms with E-state index in [-0.39, 0.29) is 18.0 Å². The highest BCUT2D eigenvalue weighted by molar-refractivity contribution is 5.79. The Morgan fingerprint density at radius 1 is 1.13 bits per heavy atom. The summed E-state index contributed by atoms with van der Waals surface area (Å²) in [5, 5.41) is 14.6. The first-order valence-electron chi connectivity index (χ1n) is 9.62. The van der Waals surface area contributed by atoms with Gasteiger partial charge in [-0.1, -0.05) is 18.2 Å². The summed E-state index contributed by atoms with van der Waals surface area (Å²) in [6.45, 7) is 2.23. The van der Waals surface area contributed by atoms with E-state index < -0.39 is 6.61 Å². The van der Waals surface area contributed by atoms with Gasteiger partial charge in [-0.2, -0.15) is 8.78 Å². The van der Waals surface area contributed by atoms with Crippen LogP contribution in [0.15, 0.2) is 47.6 Å². The molecule has 0 aliphatic carbocycles. The number of hydrogen-bond donors (Lipinski definition) is 2. The smallest absolute Gasteiger partial charge is 0.387 e. The van der Waals surface area contributed by atoms with Gasteiger partial charge in [-0.15, -0.1) is 10.2 Å². The Hall–Kier alpha value is -3.43. The number of benzene rings is 1. The molecule has 1 aromatic carbocycles. The van der Waals surface area contributed by atoms with Gasteiger partial charge < -0.3 is 20.1 Å². The van der Waals surface area contributed by atoms with Gasteiger partial charge >= 0.3 is 6.61 Å². The van der Waals surface area contributed by atoms with E-state index >= 15 is 0 Å². The first-order chi connectivity index (χ1) is 14.6. The quantitative estimate of drug-likeness (QED) is 0.411. The fraction of sp³-hybridized carbons (Fsp3) is 0.350. The average Bonchev–Trinajstić information content (AvgIpc) is 3.15. The standard InChI is InChI=1S/C20H24F2N6O2/c1-3-23-20(25-13-17-27-26-16-10-5-6-11-28(16)17)24-12-14-8-7-9-15(29-4-2)18(14)30-19(21)22/h5-11,19H,3-4,12-13H2,1-2H3,(H2,23,24,25). The number of aromatic nitrogens is 3. The summed E-state index contributed by atoms with van der Waals surface area (Å²) in [6.07, 6.45) is 1.88. The van der Waals surface area contributed by atoms with Crippen LogP contribution < -0.4 is 20.1 Å². The Morgan fingerprint density at radius 3 is 2.77 bits per heavy atom. The van der Waals surface area contributed by atoms with Crippen molar-refractivity contribution in [1.29, 1.82) is 0 Å². The molecule has 30 heavy (non-hydrogen) atoms. The van der Waals surface area contributed by atoms with E-state index in [1.807, 2.05) is 35.7 Å². The van der Waals surface area contributed by atoms with E-state index in [1.54, 1.807) is 25.1 Å². The topological polar surface area (TPSA) is 85.1 Å². The first kappa shape index (κ1) is 21.3. The molecule has 0 bridgehead atoms. The van der Waals surface area contributed by atoms with E-state index in [4.69, 9.17) is 9.47 Å². The molecule has 0 fully saturated rings. The van der Waals surface area contributed by atoms with Crippen molar-refractivity contribution in [3.63, 3.8) is 0 Å². The third-order valence-corrected chi connectivity index (χ3v) is 4.12. The number of fused-ring (bicyclic) bond motifs is 1. The minimum Gasteiger partial charge on any atom is -0.490 e. The molecule has 3 rings (SSSR count). The van der Waals surface area contributed by atoms with E-state index in [0.29, 0.717) is 31.2 Å². The monoisotopic (exact) mass is 418 g/mol. The molecule has 0 saturated heterocycles. The normalized spacial score (nSPS) is 11.7. The lowest BCUT2D eigenvalue weighted by atomic mass is 10.2. The van der Waals surface area contributed by atoms with E-state index in [9.17, 15) is 8.78 Å². The summed E-state index contributed by atoms with van der Waals surface area (Å²) in [5.41, 5.74) is 1.24. The molecule has 160 valence electrons. The summed E-state index contributed by atoms with van der Waals surface area (Å²) in [6, 6.07) is 10.6. The second-order valence-corrected chi connectivity index (χ2v) is 6.15. The van der Waals surface area contributed by atoms with Crippen LogP contribution in [0.4, 0.5) is 8.78 Å². The summed E-state index contributed by atoms with van der Waals surface area (Å²) >= 11 is 0. The minimum absolute atomic E-state index is 0.00241. The predicted molar refractivity (Wildman–Crippen MR) is 109 cm³/mol. The second kappa shape index (κ2) is 10.4. The Labute approximate surface area is 172 Å². The van der Waals surface area contributed by atoms with Gasteiger partial charge in [0, 0.05) is 18.3 Å². The Morgan fingerprint density at radius 2 is 2.00 bits per heavy atom. The van der Waals surface area contributed by atoms with Crippen LogP contribution in [0, 0.1) is 0 Å². The van der Waals surface area contributed by atoms with E-state index in [2.05, 4.69) is 25.8 Å². The molecular weight excluding hydrogens is 394 g/mol. The molecular formula is C20H24F2N6O2. The van der Waals surface area contributed by atoms with Crippen molar-refractivity contribution in [3.8, 4) is 11.5 Å². The number of para-hydroxylation sites is 1. The molecule has 0 atom stereocenters. The van der Waals surface area contributed by atoms with E-state index in [0.717, 1.165) is 11.5 Å². The molecule has 2 heterocycles. The molecule has 0 aliphatic heterocycles. The third-order valence-electron chi connectivity index (χ3n) is 4.12. The molecule has 0 radical (unpaired) electrons. The molecule has 0 amide bonds. The highest BCUT2D eigenvalue weighted by Crippen LogP contribution is 2.33. The van der Waals surface area contributed by atoms with Gasteiger partial charge in [0.25, 0.3) is 0 Å². The van der Waals surface area contributed by atoms with Crippen molar-refractivity contribution in [2.75, 3.05) is 13.2 Å². The van der Waals surface area contributed by atoms with Gasteiger partial charge in [0.15, 0.2) is 28.9 Å². The van der Waals surface area contributed by atoms with Crippen molar-refractivity contribution in [2.45, 2.75) is 33.5 Å². The van der Waals surface area contributed by atoms with Crippen molar-refractivity contribution in [1.82, 2.24) is 25.2 Å². The number of aliphatic imine (C=N–C) groups is 1. The largest absolute Gasteiger partial charge is 0.490 e. The molecule has 0 unspecified atom stereocenters. The van der Waals surface area contributed by atoms with Gasteiger partial charge in [-0.3, -0.25) is 4.40 Å². The maximum absolute atomic E-state index is 12.9. The van der Waals surface area contributed by atoms with Gasteiger partial charge in [0.1, 0.15) is 0 Å². The van der Waals surface area contributed by atoms with Gasteiger partial charge in [-0.05, 0) is 32.0 Å². The maximum atomic E-state index is 12.9. The number of guanidine groups is 1. The predicted octanol–water partition coefficient (Wildman–Crippen LogP) is 2.98. The molecule has 8 nitrogen and oxygen atoms in total. The zero-order valence-electron chi connectivity index (χ0n) is 16.8. The number of halogens is 2. The van der Waals surface area contributed by atoms with Crippen LogP contribution in [-0.2, 0) is 13.1 Å². The number of pyridine rings is 1. The highest BCUT2D eigenvalue weighted by atomic mass is 19.3. The lowest BCUT2D eigenvalue weighted by Crippen LogP contribution is -2.37. The SMILES string of the molecule is CCNC(=NCc1cccc(OCC)c1OC(F)F)NCc1nnc2ccccn12. The molecule has 0 spiro atoms. The van der Waals surface area contributed by atoms with Crippen LogP contribution in [-0.4, -0.2) is 40.3 Å². The summed E-state index contributed by atoms with van der Waals surface area (Å²) in [7, 11) is 0. The summed E-state index contributed by atoms with van der Waals surface area (Å²) in [4.78, 5) is 4.49. The molecule has 3 aromatic rings. The molecule has 0 saturated carbocycles. The minimum atomic E-state index is -2.96. The van der Waals surface area contributed by atoms with Crippen LogP contribution in [0.3, 0.4) is 0 Å². The zero-order valence-corrected chi connectivity index (χ0v) is 16.8. The zero-order chi connectivity index (χ0) is 21.3. The Bertz CT molecular complexity index is 992. The van der Waals surface area contributed by atoms with Crippen molar-refractivity contribution in [2.24, 2.45) is 4.99 Å². The fourth-order valence-corrected chi connectivity index (χ4v) is 2.86. The average molecular weight is 418 g/mol. The second-order valence-electron chi connectivity index (χ2n) is 6.15. The van der Waals surface area contributed by atoms with Crippen LogP contribution >= 0.6 is 0 Å². The maximum Gasteiger partial charge on any atom is 0.387 e. The van der Waals surface area contributed by atoms with Crippen LogP contribution in [0.5, 0.6) is 11.5 Å². The molecule has 0 aliphatic rings. The van der Waals surface area contributed by atoms with Crippen LogP contribution in [0.25, 0.3) is 5.65 Å². The van der Waals surface area contributed by atoms with Crippen LogP contribution in [0.1, 0.15) is 25.2 Å². The molecule has 2 N–H and O–H groups in total. The molecule has 10 heteroatoms. The Balaban J connectivity index is 1.76. The lowest BCUT2D eigenvalue weighted by molar-refractivity contribution is -0.0520. The van der Waals surface area contributed by atoms with Crippen LogP contribution in [0.2, 0.25) is 0 Å². The van der Waals surface area contributed by atoms with E-state index in [1.165, 1.54) is 0 Å². The van der Waals surface area contributed by atoms with Gasteiger partial charge in [0.2, 0.25) is 0 Å². The van der Waals surface area contributed by atoms with Gasteiger partial charge in [-0.25, -0.2) is 4.99 Å². The number of alkyl halides is 2. The lowest BCUT2D eigenvalue weighted by Gasteiger charge is -2.15. The highest BCUT2D eigenvalue weighted by Gasteiger charge is 2.16. The number of ether oxygens (including phenoxy) is 2. The van der Waals surface area contributed by atoms with Crippen molar-refractivity contribution in [3.05, 3.63) is 54.0 Å². The summed E-state index contributed by atoms with van der Waals surface area (Å²) < 4.78 is 37.8. The van der Waals surface area contributed by atoms with Crippen molar-refractivity contribution < 1.29 is 18.3 Å². The Kier molecular flexibility index (Phi) is 7.36. The first-order valence-corrected chi connectivity index (χ1v) is 9.62. The number of hydrogen-bond acceptors (Lipinski definition) is 5. The number of nitrogens with zero attached hydrogens (tertiary/aromatic N) is 4. The third kappa shape index (κ3) is 5.34. The van der Waals surface area contributed by atoms with Crippen molar-refractivity contribution >= 4 is 11.6 Å². The van der Waals surface area contributed by atoms with Gasteiger partial charge in [0.05, 0.1) is 19.7 Å². The number of rotatable bonds is 9. The fourth-order valence-electron chi connectivity index (χ4n) is 2.86. The summed E-state index contributed by atoms with van der Waals surface area (Å²) in [5.74, 6) is 1.49. The molecule has 2 aromatic heterocycles. The number of nitrogens with one attached hydrogen (secondary N) is 2.